The smallest absolute Gasteiger partial charge is 0.299 e. The minimum Gasteiger partial charge on any atom is -0.372 e. The van der Waals surface area contributed by atoms with Crippen LogP contribution in [0.4, 0.5) is 17.1 Å². The number of carbonyl (C=O) groups excluding carboxylic acids is 1. The fraction of sp³-hybridized carbons (Fsp3) is 0.312. The van der Waals surface area contributed by atoms with E-state index < -0.39 is 10.8 Å². The number of anilines is 2. The number of rotatable bonds is 6. The van der Waals surface area contributed by atoms with Gasteiger partial charge in [0.25, 0.3) is 11.6 Å². The molecule has 0 radical (unpaired) electrons. The summed E-state index contributed by atoms with van der Waals surface area (Å²) in [5, 5.41) is 13.6. The summed E-state index contributed by atoms with van der Waals surface area (Å²) in [7, 11) is 0. The van der Waals surface area contributed by atoms with Gasteiger partial charge in [0.2, 0.25) is 0 Å². The van der Waals surface area contributed by atoms with Crippen molar-refractivity contribution in [3.63, 3.8) is 0 Å². The average Bonchev–Trinajstić information content (AvgIpc) is 2.93. The second-order valence-electron chi connectivity index (χ2n) is 5.15. The molecule has 0 saturated heterocycles. The lowest BCUT2D eigenvalue weighted by Crippen LogP contribution is -2.22. The Kier molecular flexibility index (Phi) is 5.80. The van der Waals surface area contributed by atoms with Crippen LogP contribution in [0.5, 0.6) is 0 Å². The molecule has 0 spiro atoms. The molecule has 0 aliphatic rings. The first-order valence-electron chi connectivity index (χ1n) is 7.48. The van der Waals surface area contributed by atoms with Gasteiger partial charge in [-0.25, -0.2) is 0 Å². The number of hydrogen-bond donors (Lipinski definition) is 1. The van der Waals surface area contributed by atoms with Crippen LogP contribution in [-0.2, 0) is 0 Å². The molecular weight excluding hydrogens is 350 g/mol. The van der Waals surface area contributed by atoms with E-state index in [-0.39, 0.29) is 14.9 Å². The molecule has 2 rings (SSSR count). The van der Waals surface area contributed by atoms with Crippen molar-refractivity contribution in [1.82, 2.24) is 0 Å². The Morgan fingerprint density at radius 2 is 2.00 bits per heavy atom. The van der Waals surface area contributed by atoms with Crippen molar-refractivity contribution in [2.75, 3.05) is 23.3 Å². The van der Waals surface area contributed by atoms with Crippen molar-refractivity contribution < 1.29 is 9.72 Å². The predicted octanol–water partition coefficient (Wildman–Crippen LogP) is 4.72. The molecule has 0 fully saturated rings. The molecule has 1 heterocycles. The van der Waals surface area contributed by atoms with Gasteiger partial charge in [0.1, 0.15) is 4.88 Å². The molecule has 0 atom stereocenters. The molecule has 6 nitrogen and oxygen atoms in total. The summed E-state index contributed by atoms with van der Waals surface area (Å²) < 4.78 is -0.00115. The molecule has 1 aromatic heterocycles. The summed E-state index contributed by atoms with van der Waals surface area (Å²) in [6.45, 7) is 7.88. The van der Waals surface area contributed by atoms with Gasteiger partial charge in [-0.2, -0.15) is 0 Å². The predicted molar refractivity (Wildman–Crippen MR) is 98.7 cm³/mol. The number of benzene rings is 1. The molecule has 0 aliphatic heterocycles. The summed E-state index contributed by atoms with van der Waals surface area (Å²) in [6.07, 6.45) is 0. The standard InChI is InChI=1S/C16H18ClN3O3S/c1-4-19(5-2)11-6-7-12(10(3)8-11)18-16(21)14-9-13(20(22)23)15(17)24-14/h6-9H,4-5H2,1-3H3,(H,18,21). The van der Waals surface area contributed by atoms with E-state index >= 15 is 0 Å². The summed E-state index contributed by atoms with van der Waals surface area (Å²) in [5.41, 5.74) is 2.43. The highest BCUT2D eigenvalue weighted by Crippen LogP contribution is 2.34. The van der Waals surface area contributed by atoms with E-state index in [0.29, 0.717) is 5.69 Å². The Morgan fingerprint density at radius 1 is 1.33 bits per heavy atom. The lowest BCUT2D eigenvalue weighted by atomic mass is 10.1. The zero-order chi connectivity index (χ0) is 17.9. The normalized spacial score (nSPS) is 10.5. The second kappa shape index (κ2) is 7.63. The molecule has 128 valence electrons. The highest BCUT2D eigenvalue weighted by atomic mass is 35.5. The van der Waals surface area contributed by atoms with E-state index in [1.54, 1.807) is 0 Å². The third kappa shape index (κ3) is 3.85. The van der Waals surface area contributed by atoms with Crippen LogP contribution in [0.1, 0.15) is 29.1 Å². The Bertz CT molecular complexity index is 772. The van der Waals surface area contributed by atoms with Crippen LogP contribution >= 0.6 is 22.9 Å². The summed E-state index contributed by atoms with van der Waals surface area (Å²) in [4.78, 5) is 24.9. The van der Waals surface area contributed by atoms with Crippen LogP contribution in [0.15, 0.2) is 24.3 Å². The zero-order valence-electron chi connectivity index (χ0n) is 13.6. The molecule has 2 aromatic rings. The highest BCUT2D eigenvalue weighted by molar-refractivity contribution is 7.18. The van der Waals surface area contributed by atoms with Gasteiger partial charge >= 0.3 is 0 Å². The lowest BCUT2D eigenvalue weighted by Gasteiger charge is -2.22. The third-order valence-electron chi connectivity index (χ3n) is 3.68. The number of amides is 1. The van der Waals surface area contributed by atoms with Crippen molar-refractivity contribution in [3.05, 3.63) is 49.2 Å². The monoisotopic (exact) mass is 367 g/mol. The first kappa shape index (κ1) is 18.2. The number of thiophene rings is 1. The Hall–Kier alpha value is -2.12. The van der Waals surface area contributed by atoms with Gasteiger partial charge in [-0.15, -0.1) is 11.3 Å². The van der Waals surface area contributed by atoms with Gasteiger partial charge in [0, 0.05) is 30.5 Å². The number of aryl methyl sites for hydroxylation is 1. The molecule has 0 aliphatic carbocycles. The number of nitrogens with one attached hydrogen (secondary N) is 1. The van der Waals surface area contributed by atoms with Crippen molar-refractivity contribution >= 4 is 45.9 Å². The Morgan fingerprint density at radius 3 is 2.50 bits per heavy atom. The number of carbonyl (C=O) groups is 1. The molecule has 8 heteroatoms. The van der Waals surface area contributed by atoms with Crippen LogP contribution in [0.3, 0.4) is 0 Å². The maximum Gasteiger partial charge on any atom is 0.299 e. The van der Waals surface area contributed by atoms with Crippen LogP contribution in [-0.4, -0.2) is 23.9 Å². The Balaban J connectivity index is 2.20. The van der Waals surface area contributed by atoms with Crippen molar-refractivity contribution in [3.8, 4) is 0 Å². The lowest BCUT2D eigenvalue weighted by molar-refractivity contribution is -0.384. The molecular formula is C16H18ClN3O3S. The first-order chi connectivity index (χ1) is 11.4. The van der Waals surface area contributed by atoms with Crippen LogP contribution in [0.25, 0.3) is 0 Å². The van der Waals surface area contributed by atoms with Crippen molar-refractivity contribution in [2.45, 2.75) is 20.8 Å². The molecule has 0 saturated carbocycles. The SMILES string of the molecule is CCN(CC)c1ccc(NC(=O)c2cc([N+](=O)[O-])c(Cl)s2)c(C)c1. The van der Waals surface area contributed by atoms with E-state index in [0.717, 1.165) is 35.7 Å². The van der Waals surface area contributed by atoms with Crippen molar-refractivity contribution in [1.29, 1.82) is 0 Å². The van der Waals surface area contributed by atoms with Gasteiger partial charge in [-0.05, 0) is 44.5 Å². The second-order valence-corrected chi connectivity index (χ2v) is 6.81. The number of nitrogens with zero attached hydrogens (tertiary/aromatic N) is 2. The summed E-state index contributed by atoms with van der Waals surface area (Å²) in [5.74, 6) is -0.409. The van der Waals surface area contributed by atoms with Gasteiger partial charge in [-0.1, -0.05) is 11.6 Å². The quantitative estimate of drug-likeness (QED) is 0.592. The molecule has 0 unspecified atom stereocenters. The average molecular weight is 368 g/mol. The number of nitro groups is 1. The first-order valence-corrected chi connectivity index (χ1v) is 8.67. The van der Waals surface area contributed by atoms with Gasteiger partial charge in [0.15, 0.2) is 4.34 Å². The van der Waals surface area contributed by atoms with Crippen LogP contribution < -0.4 is 10.2 Å². The molecule has 0 bridgehead atoms. The summed E-state index contributed by atoms with van der Waals surface area (Å²) in [6, 6.07) is 6.98. The largest absolute Gasteiger partial charge is 0.372 e. The molecule has 24 heavy (non-hydrogen) atoms. The number of hydrogen-bond acceptors (Lipinski definition) is 5. The van der Waals surface area contributed by atoms with E-state index in [1.807, 2.05) is 25.1 Å². The topological polar surface area (TPSA) is 75.5 Å². The third-order valence-corrected chi connectivity index (χ3v) is 5.01. The maximum atomic E-state index is 12.3. The van der Waals surface area contributed by atoms with E-state index in [2.05, 4.69) is 24.1 Å². The van der Waals surface area contributed by atoms with E-state index in [4.69, 9.17) is 11.6 Å². The summed E-state index contributed by atoms with van der Waals surface area (Å²) >= 11 is 6.69. The maximum absolute atomic E-state index is 12.3. The van der Waals surface area contributed by atoms with Crippen molar-refractivity contribution in [2.24, 2.45) is 0 Å². The molecule has 1 amide bonds. The van der Waals surface area contributed by atoms with Gasteiger partial charge in [-0.3, -0.25) is 14.9 Å². The fourth-order valence-corrected chi connectivity index (χ4v) is 3.47. The van der Waals surface area contributed by atoms with Crippen LogP contribution in [0.2, 0.25) is 4.34 Å². The van der Waals surface area contributed by atoms with Crippen LogP contribution in [0, 0.1) is 17.0 Å². The highest BCUT2D eigenvalue weighted by Gasteiger charge is 2.21. The minimum atomic E-state index is -0.597. The minimum absolute atomic E-state index is 0.00115. The van der Waals surface area contributed by atoms with E-state index in [9.17, 15) is 14.9 Å². The molecule has 1 N–H and O–H groups in total. The van der Waals surface area contributed by atoms with Gasteiger partial charge < -0.3 is 10.2 Å². The fourth-order valence-electron chi connectivity index (χ4n) is 2.35. The van der Waals surface area contributed by atoms with E-state index in [1.165, 1.54) is 6.07 Å². The van der Waals surface area contributed by atoms with Gasteiger partial charge in [0.05, 0.1) is 4.92 Å². The molecule has 1 aromatic carbocycles. The Labute approximate surface area is 149 Å². The zero-order valence-corrected chi connectivity index (χ0v) is 15.2. The number of halogens is 1.